The van der Waals surface area contributed by atoms with Gasteiger partial charge in [0, 0.05) is 11.7 Å². The molecule has 2 unspecified atom stereocenters. The summed E-state index contributed by atoms with van der Waals surface area (Å²) in [7, 11) is 0. The lowest BCUT2D eigenvalue weighted by molar-refractivity contribution is 0.630. The Balaban J connectivity index is 2.19. The van der Waals surface area contributed by atoms with Gasteiger partial charge in [-0.25, -0.2) is 0 Å². The Morgan fingerprint density at radius 3 is 2.50 bits per heavy atom. The zero-order valence-electron chi connectivity index (χ0n) is 9.85. The minimum atomic E-state index is 0.0335. The van der Waals surface area contributed by atoms with E-state index in [-0.39, 0.29) is 12.0 Å². The van der Waals surface area contributed by atoms with Crippen LogP contribution in [-0.4, -0.2) is 6.04 Å². The van der Waals surface area contributed by atoms with Crippen LogP contribution in [0.2, 0.25) is 0 Å². The Morgan fingerprint density at radius 2 is 1.83 bits per heavy atom. The molecule has 2 atom stereocenters. The smallest absolute Gasteiger partial charge is 0.101 e. The SMILES string of the molecule is N#Cc1ccc(NC2CCCC2C#N)cc1C#N. The number of rotatable bonds is 2. The van der Waals surface area contributed by atoms with E-state index in [1.54, 1.807) is 18.2 Å². The van der Waals surface area contributed by atoms with Crippen molar-refractivity contribution in [3.63, 3.8) is 0 Å². The molecule has 1 saturated carbocycles. The van der Waals surface area contributed by atoms with Crippen molar-refractivity contribution in [1.82, 2.24) is 0 Å². The minimum absolute atomic E-state index is 0.0335. The second-order valence-corrected chi connectivity index (χ2v) is 4.40. The van der Waals surface area contributed by atoms with E-state index in [4.69, 9.17) is 15.8 Å². The molecule has 0 bridgehead atoms. The molecule has 88 valence electrons. The number of benzene rings is 1. The molecule has 1 aliphatic rings. The van der Waals surface area contributed by atoms with Crippen molar-refractivity contribution < 1.29 is 0 Å². The average molecular weight is 236 g/mol. The van der Waals surface area contributed by atoms with Gasteiger partial charge < -0.3 is 5.32 Å². The summed E-state index contributed by atoms with van der Waals surface area (Å²) in [6.07, 6.45) is 2.95. The molecule has 0 aliphatic heterocycles. The van der Waals surface area contributed by atoms with Gasteiger partial charge in [0.25, 0.3) is 0 Å². The first-order valence-electron chi connectivity index (χ1n) is 5.89. The van der Waals surface area contributed by atoms with Crippen LogP contribution in [0.25, 0.3) is 0 Å². The van der Waals surface area contributed by atoms with E-state index in [2.05, 4.69) is 11.4 Å². The van der Waals surface area contributed by atoms with E-state index in [9.17, 15) is 0 Å². The van der Waals surface area contributed by atoms with Crippen LogP contribution < -0.4 is 5.32 Å². The maximum absolute atomic E-state index is 9.01. The van der Waals surface area contributed by atoms with Crippen LogP contribution in [0.4, 0.5) is 5.69 Å². The first kappa shape index (κ1) is 12.0. The highest BCUT2D eigenvalue weighted by atomic mass is 14.9. The van der Waals surface area contributed by atoms with Gasteiger partial charge in [-0.3, -0.25) is 0 Å². The maximum Gasteiger partial charge on any atom is 0.101 e. The summed E-state index contributed by atoms with van der Waals surface area (Å²) in [4.78, 5) is 0. The molecule has 18 heavy (non-hydrogen) atoms. The van der Waals surface area contributed by atoms with Gasteiger partial charge in [0.2, 0.25) is 0 Å². The molecule has 4 heteroatoms. The van der Waals surface area contributed by atoms with E-state index in [1.165, 1.54) is 0 Å². The van der Waals surface area contributed by atoms with E-state index in [1.807, 2.05) is 12.1 Å². The number of hydrogen-bond acceptors (Lipinski definition) is 4. The Bertz CT molecular complexity index is 571. The second kappa shape index (κ2) is 5.21. The summed E-state index contributed by atoms with van der Waals surface area (Å²) in [5.74, 6) is 0.0335. The van der Waals surface area contributed by atoms with Crippen molar-refractivity contribution in [2.24, 2.45) is 5.92 Å². The predicted octanol–water partition coefficient (Wildman–Crippen LogP) is 2.53. The maximum atomic E-state index is 9.01. The lowest BCUT2D eigenvalue weighted by atomic mass is 10.0. The zero-order chi connectivity index (χ0) is 13.0. The van der Waals surface area contributed by atoms with Gasteiger partial charge in [-0.15, -0.1) is 0 Å². The van der Waals surface area contributed by atoms with Crippen molar-refractivity contribution in [2.75, 3.05) is 5.32 Å². The lowest BCUT2D eigenvalue weighted by Crippen LogP contribution is -2.22. The normalized spacial score (nSPS) is 21.6. The summed E-state index contributed by atoms with van der Waals surface area (Å²) in [6.45, 7) is 0. The van der Waals surface area contributed by atoms with E-state index < -0.39 is 0 Å². The Morgan fingerprint density at radius 1 is 1.06 bits per heavy atom. The molecular weight excluding hydrogens is 224 g/mol. The Labute approximate surface area is 106 Å². The largest absolute Gasteiger partial charge is 0.381 e. The van der Waals surface area contributed by atoms with E-state index in [0.717, 1.165) is 24.9 Å². The number of anilines is 1. The third-order valence-electron chi connectivity index (χ3n) is 3.29. The predicted molar refractivity (Wildman–Crippen MR) is 66.2 cm³/mol. The Hall–Kier alpha value is -2.51. The standard InChI is InChI=1S/C14H12N4/c15-7-10-4-5-13(6-12(10)9-17)18-14-3-1-2-11(14)8-16/h4-6,11,14,18H,1-3H2. The van der Waals surface area contributed by atoms with Crippen LogP contribution in [0, 0.1) is 39.9 Å². The number of nitrogens with one attached hydrogen (secondary N) is 1. The second-order valence-electron chi connectivity index (χ2n) is 4.40. The molecule has 4 nitrogen and oxygen atoms in total. The van der Waals surface area contributed by atoms with Crippen LogP contribution in [0.1, 0.15) is 30.4 Å². The summed E-state index contributed by atoms with van der Waals surface area (Å²) < 4.78 is 0. The molecule has 0 amide bonds. The summed E-state index contributed by atoms with van der Waals surface area (Å²) in [6, 6.07) is 11.5. The monoisotopic (exact) mass is 236 g/mol. The molecule has 2 rings (SSSR count). The van der Waals surface area contributed by atoms with E-state index >= 15 is 0 Å². The molecule has 1 aromatic carbocycles. The molecule has 1 fully saturated rings. The van der Waals surface area contributed by atoms with Gasteiger partial charge in [0.05, 0.1) is 23.1 Å². The van der Waals surface area contributed by atoms with Gasteiger partial charge in [0.1, 0.15) is 12.1 Å². The minimum Gasteiger partial charge on any atom is -0.381 e. The first-order valence-corrected chi connectivity index (χ1v) is 5.89. The highest BCUT2D eigenvalue weighted by molar-refractivity contribution is 5.56. The van der Waals surface area contributed by atoms with Crippen LogP contribution in [0.3, 0.4) is 0 Å². The molecule has 1 N–H and O–H groups in total. The number of nitriles is 3. The van der Waals surface area contributed by atoms with Crippen LogP contribution >= 0.6 is 0 Å². The van der Waals surface area contributed by atoms with Crippen molar-refractivity contribution in [3.8, 4) is 18.2 Å². The molecule has 0 aromatic heterocycles. The van der Waals surface area contributed by atoms with Crippen molar-refractivity contribution in [2.45, 2.75) is 25.3 Å². The van der Waals surface area contributed by atoms with Crippen molar-refractivity contribution in [1.29, 1.82) is 15.8 Å². The fourth-order valence-electron chi connectivity index (χ4n) is 2.33. The summed E-state index contributed by atoms with van der Waals surface area (Å²) in [5, 5.41) is 30.1. The highest BCUT2D eigenvalue weighted by Gasteiger charge is 2.26. The zero-order valence-corrected chi connectivity index (χ0v) is 9.85. The average Bonchev–Trinajstić information content (AvgIpc) is 2.85. The Kier molecular flexibility index (Phi) is 3.46. The van der Waals surface area contributed by atoms with Gasteiger partial charge in [-0.1, -0.05) is 0 Å². The first-order chi connectivity index (χ1) is 8.78. The molecule has 0 spiro atoms. The number of nitrogens with zero attached hydrogens (tertiary/aromatic N) is 3. The summed E-state index contributed by atoms with van der Waals surface area (Å²) in [5.41, 5.74) is 1.55. The van der Waals surface area contributed by atoms with Gasteiger partial charge in [-0.2, -0.15) is 15.8 Å². The molecule has 1 aromatic rings. The van der Waals surface area contributed by atoms with Crippen molar-refractivity contribution in [3.05, 3.63) is 29.3 Å². The van der Waals surface area contributed by atoms with Gasteiger partial charge >= 0.3 is 0 Å². The van der Waals surface area contributed by atoms with Crippen molar-refractivity contribution >= 4 is 5.69 Å². The van der Waals surface area contributed by atoms with Gasteiger partial charge in [0.15, 0.2) is 0 Å². The number of hydrogen-bond donors (Lipinski definition) is 1. The topological polar surface area (TPSA) is 83.4 Å². The lowest BCUT2D eigenvalue weighted by Gasteiger charge is -2.17. The molecular formula is C14H12N4. The van der Waals surface area contributed by atoms with E-state index in [0.29, 0.717) is 11.1 Å². The highest BCUT2D eigenvalue weighted by Crippen LogP contribution is 2.28. The van der Waals surface area contributed by atoms with Gasteiger partial charge in [-0.05, 0) is 37.5 Å². The molecule has 1 aliphatic carbocycles. The molecule has 0 heterocycles. The fourth-order valence-corrected chi connectivity index (χ4v) is 2.33. The quantitative estimate of drug-likeness (QED) is 0.855. The van der Waals surface area contributed by atoms with Crippen LogP contribution in [0.15, 0.2) is 18.2 Å². The molecule has 0 radical (unpaired) electrons. The summed E-state index contributed by atoms with van der Waals surface area (Å²) >= 11 is 0. The van der Waals surface area contributed by atoms with Crippen LogP contribution in [-0.2, 0) is 0 Å². The third-order valence-corrected chi connectivity index (χ3v) is 3.29. The molecule has 0 saturated heterocycles. The third kappa shape index (κ3) is 2.26. The van der Waals surface area contributed by atoms with Crippen LogP contribution in [0.5, 0.6) is 0 Å². The fraction of sp³-hybridized carbons (Fsp3) is 0.357.